The van der Waals surface area contributed by atoms with Gasteiger partial charge in [0.1, 0.15) is 0 Å². The summed E-state index contributed by atoms with van der Waals surface area (Å²) in [6.45, 7) is 3.52. The van der Waals surface area contributed by atoms with Crippen LogP contribution in [-0.4, -0.2) is 23.8 Å². The highest BCUT2D eigenvalue weighted by Crippen LogP contribution is 2.33. The molecule has 2 aliphatic rings. The van der Waals surface area contributed by atoms with E-state index in [4.69, 9.17) is 9.47 Å². The first-order valence-electron chi connectivity index (χ1n) is 7.10. The minimum atomic E-state index is 0.351. The van der Waals surface area contributed by atoms with E-state index in [2.05, 4.69) is 36.1 Å². The number of hydrogen-bond acceptors (Lipinski definition) is 4. The van der Waals surface area contributed by atoms with Gasteiger partial charge in [-0.3, -0.25) is 0 Å². The van der Waals surface area contributed by atoms with Crippen molar-refractivity contribution < 1.29 is 9.47 Å². The summed E-state index contributed by atoms with van der Waals surface area (Å²) in [5, 5.41) is 4.50. The highest BCUT2D eigenvalue weighted by molar-refractivity contribution is 7.99. The number of nitrogens with one attached hydrogen (secondary N) is 1. The molecule has 1 aromatic rings. The predicted molar refractivity (Wildman–Crippen MR) is 79.0 cm³/mol. The van der Waals surface area contributed by atoms with Crippen LogP contribution in [0.2, 0.25) is 0 Å². The van der Waals surface area contributed by atoms with Crippen LogP contribution in [0.1, 0.15) is 31.7 Å². The van der Waals surface area contributed by atoms with E-state index in [1.54, 1.807) is 0 Å². The van der Waals surface area contributed by atoms with Crippen molar-refractivity contribution in [1.29, 1.82) is 0 Å². The first-order valence-corrected chi connectivity index (χ1v) is 8.15. The minimum absolute atomic E-state index is 0.351. The van der Waals surface area contributed by atoms with Crippen molar-refractivity contribution in [1.82, 2.24) is 5.32 Å². The molecular weight excluding hydrogens is 258 g/mol. The van der Waals surface area contributed by atoms with Crippen molar-refractivity contribution in [2.45, 2.75) is 44.0 Å². The number of ether oxygens (including phenoxy) is 2. The van der Waals surface area contributed by atoms with Gasteiger partial charge >= 0.3 is 0 Å². The maximum Gasteiger partial charge on any atom is 0.231 e. The summed E-state index contributed by atoms with van der Waals surface area (Å²) < 4.78 is 10.8. The summed E-state index contributed by atoms with van der Waals surface area (Å²) in [6.07, 6.45) is 4.02. The molecule has 0 aromatic heterocycles. The lowest BCUT2D eigenvalue weighted by Crippen LogP contribution is -2.33. The van der Waals surface area contributed by atoms with Gasteiger partial charge < -0.3 is 14.8 Å². The van der Waals surface area contributed by atoms with Gasteiger partial charge in [0.25, 0.3) is 0 Å². The first kappa shape index (κ1) is 13.1. The van der Waals surface area contributed by atoms with Gasteiger partial charge in [-0.15, -0.1) is 0 Å². The van der Waals surface area contributed by atoms with Crippen LogP contribution >= 0.6 is 11.8 Å². The summed E-state index contributed by atoms with van der Waals surface area (Å²) in [6, 6.07) is 6.88. The molecule has 19 heavy (non-hydrogen) atoms. The Bertz CT molecular complexity index is 438. The molecular formula is C15H21NO2S. The number of thioether (sulfide) groups is 1. The van der Waals surface area contributed by atoms with Crippen LogP contribution in [0.3, 0.4) is 0 Å². The molecule has 3 rings (SSSR count). The monoisotopic (exact) mass is 279 g/mol. The fourth-order valence-corrected chi connectivity index (χ4v) is 4.10. The topological polar surface area (TPSA) is 30.5 Å². The van der Waals surface area contributed by atoms with Crippen molar-refractivity contribution in [3.8, 4) is 11.5 Å². The third kappa shape index (κ3) is 3.00. The van der Waals surface area contributed by atoms with Crippen LogP contribution in [0.15, 0.2) is 18.2 Å². The normalized spacial score (nSPS) is 24.9. The minimum Gasteiger partial charge on any atom is -0.454 e. The predicted octanol–water partition coefficient (Wildman–Crippen LogP) is 3.18. The molecule has 3 nitrogen and oxygen atoms in total. The molecule has 0 radical (unpaired) electrons. The Morgan fingerprint density at radius 2 is 2.16 bits per heavy atom. The number of benzene rings is 1. The van der Waals surface area contributed by atoms with Gasteiger partial charge in [-0.1, -0.05) is 19.4 Å². The van der Waals surface area contributed by atoms with E-state index in [1.165, 1.54) is 30.6 Å². The zero-order valence-corrected chi connectivity index (χ0v) is 12.2. The Labute approximate surface area is 119 Å². The van der Waals surface area contributed by atoms with Crippen LogP contribution in [0.4, 0.5) is 0 Å². The summed E-state index contributed by atoms with van der Waals surface area (Å²) in [4.78, 5) is 0. The summed E-state index contributed by atoms with van der Waals surface area (Å²) in [5.74, 6) is 2.96. The van der Waals surface area contributed by atoms with E-state index in [0.717, 1.165) is 23.3 Å². The van der Waals surface area contributed by atoms with Gasteiger partial charge in [0.05, 0.1) is 0 Å². The van der Waals surface area contributed by atoms with Gasteiger partial charge in [-0.05, 0) is 36.3 Å². The van der Waals surface area contributed by atoms with Crippen LogP contribution in [-0.2, 0) is 6.54 Å². The fraction of sp³-hybridized carbons (Fsp3) is 0.600. The van der Waals surface area contributed by atoms with Crippen LogP contribution in [0, 0.1) is 0 Å². The van der Waals surface area contributed by atoms with E-state index in [1.807, 2.05) is 6.07 Å². The number of rotatable bonds is 5. The van der Waals surface area contributed by atoms with Crippen molar-refractivity contribution >= 4 is 11.8 Å². The lowest BCUT2D eigenvalue weighted by molar-refractivity contribution is 0.174. The first-order chi connectivity index (χ1) is 9.36. The zero-order chi connectivity index (χ0) is 13.1. The summed E-state index contributed by atoms with van der Waals surface area (Å²) >= 11 is 2.10. The molecule has 0 amide bonds. The Balaban J connectivity index is 1.57. The van der Waals surface area contributed by atoms with Gasteiger partial charge in [-0.25, -0.2) is 0 Å². The van der Waals surface area contributed by atoms with E-state index < -0.39 is 0 Å². The molecule has 104 valence electrons. The molecule has 1 fully saturated rings. The quantitative estimate of drug-likeness (QED) is 0.897. The standard InChI is InChI=1S/C15H21NO2S/c1-2-19-15-5-3-4-12(15)16-9-11-6-7-13-14(8-11)18-10-17-13/h6-8,12,15-16H,2-5,9-10H2,1H3. The third-order valence-corrected chi connectivity index (χ3v) is 5.16. The molecule has 2 unspecified atom stereocenters. The zero-order valence-electron chi connectivity index (χ0n) is 11.4. The molecule has 0 bridgehead atoms. The van der Waals surface area contributed by atoms with E-state index in [-0.39, 0.29) is 0 Å². The average Bonchev–Trinajstić information content (AvgIpc) is 3.05. The van der Waals surface area contributed by atoms with Crippen LogP contribution in [0.25, 0.3) is 0 Å². The van der Waals surface area contributed by atoms with Gasteiger partial charge in [0, 0.05) is 17.8 Å². The van der Waals surface area contributed by atoms with E-state index in [9.17, 15) is 0 Å². The van der Waals surface area contributed by atoms with Gasteiger partial charge in [-0.2, -0.15) is 11.8 Å². The van der Waals surface area contributed by atoms with Crippen LogP contribution in [0.5, 0.6) is 11.5 Å². The fourth-order valence-electron chi connectivity index (χ4n) is 2.87. The molecule has 2 atom stereocenters. The van der Waals surface area contributed by atoms with E-state index in [0.29, 0.717) is 12.8 Å². The maximum absolute atomic E-state index is 5.42. The van der Waals surface area contributed by atoms with E-state index >= 15 is 0 Å². The second-order valence-corrected chi connectivity index (χ2v) is 6.62. The Hall–Kier alpha value is -0.870. The lowest BCUT2D eigenvalue weighted by atomic mass is 10.1. The summed E-state index contributed by atoms with van der Waals surface area (Å²) in [5.41, 5.74) is 1.27. The maximum atomic E-state index is 5.42. The Kier molecular flexibility index (Phi) is 4.18. The highest BCUT2D eigenvalue weighted by Gasteiger charge is 2.26. The molecule has 0 saturated heterocycles. The molecule has 1 saturated carbocycles. The average molecular weight is 279 g/mol. The largest absolute Gasteiger partial charge is 0.454 e. The molecule has 1 heterocycles. The highest BCUT2D eigenvalue weighted by atomic mass is 32.2. The Morgan fingerprint density at radius 3 is 3.05 bits per heavy atom. The van der Waals surface area contributed by atoms with Crippen molar-refractivity contribution in [3.05, 3.63) is 23.8 Å². The lowest BCUT2D eigenvalue weighted by Gasteiger charge is -2.20. The number of fused-ring (bicyclic) bond motifs is 1. The third-order valence-electron chi connectivity index (χ3n) is 3.84. The molecule has 1 aliphatic carbocycles. The molecule has 1 aromatic carbocycles. The van der Waals surface area contributed by atoms with Gasteiger partial charge in [0.15, 0.2) is 11.5 Å². The summed E-state index contributed by atoms with van der Waals surface area (Å²) in [7, 11) is 0. The number of hydrogen-bond donors (Lipinski definition) is 1. The van der Waals surface area contributed by atoms with Crippen LogP contribution < -0.4 is 14.8 Å². The molecule has 1 N–H and O–H groups in total. The molecule has 1 aliphatic heterocycles. The van der Waals surface area contributed by atoms with Crippen molar-refractivity contribution in [2.24, 2.45) is 0 Å². The van der Waals surface area contributed by atoms with Crippen molar-refractivity contribution in [2.75, 3.05) is 12.5 Å². The van der Waals surface area contributed by atoms with Crippen molar-refractivity contribution in [3.63, 3.8) is 0 Å². The Morgan fingerprint density at radius 1 is 1.26 bits per heavy atom. The second kappa shape index (κ2) is 6.06. The SMILES string of the molecule is CCSC1CCCC1NCc1ccc2c(c1)OCO2. The molecule has 0 spiro atoms. The molecule has 4 heteroatoms. The second-order valence-electron chi connectivity index (χ2n) is 5.10. The smallest absolute Gasteiger partial charge is 0.231 e. The van der Waals surface area contributed by atoms with Gasteiger partial charge in [0.2, 0.25) is 6.79 Å².